The van der Waals surface area contributed by atoms with Crippen LogP contribution in [-0.2, 0) is 16.1 Å². The average Bonchev–Trinajstić information content (AvgIpc) is 2.73. The normalized spacial score (nSPS) is 12.1. The minimum absolute atomic E-state index is 0.0873. The Kier molecular flexibility index (Phi) is 6.44. The molecule has 8 nitrogen and oxygen atoms in total. The molecule has 1 amide bonds. The fraction of sp³-hybridized carbons (Fsp3) is 0.409. The molecule has 0 aliphatic rings. The lowest BCUT2D eigenvalue weighted by molar-refractivity contribution is -0.120. The van der Waals surface area contributed by atoms with Crippen molar-refractivity contribution >= 4 is 28.6 Å². The number of pyridine rings is 2. The molecule has 0 N–H and O–H groups in total. The molecule has 3 rings (SSSR count). The lowest BCUT2D eigenvalue weighted by Crippen LogP contribution is -2.33. The second-order valence-corrected chi connectivity index (χ2v) is 7.30. The van der Waals surface area contributed by atoms with Crippen LogP contribution in [0.2, 0.25) is 0 Å². The molecule has 0 saturated carbocycles. The van der Waals surface area contributed by atoms with E-state index in [4.69, 9.17) is 4.74 Å². The molecule has 30 heavy (non-hydrogen) atoms. The Labute approximate surface area is 173 Å². The quantitative estimate of drug-likeness (QED) is 0.460. The first-order valence-corrected chi connectivity index (χ1v) is 10.2. The third-order valence-corrected chi connectivity index (χ3v) is 4.73. The van der Waals surface area contributed by atoms with Gasteiger partial charge < -0.3 is 9.30 Å². The Morgan fingerprint density at radius 1 is 1.23 bits per heavy atom. The molecule has 0 spiro atoms. The summed E-state index contributed by atoms with van der Waals surface area (Å²) in [5.41, 5.74) is 0.839. The van der Waals surface area contributed by atoms with Gasteiger partial charge in [0, 0.05) is 18.7 Å². The monoisotopic (exact) mass is 410 g/mol. The number of unbranched alkanes of at least 4 members (excludes halogenated alkanes) is 1. The SMILES string of the molecule is CCCCn1c(=NC(=O)C(C)C)c(C(=O)OCC)cc2c(=O)n3ccccc3nc21. The predicted molar refractivity (Wildman–Crippen MR) is 113 cm³/mol. The van der Waals surface area contributed by atoms with Crippen LogP contribution in [0.1, 0.15) is 50.9 Å². The van der Waals surface area contributed by atoms with Crippen molar-refractivity contribution in [2.24, 2.45) is 10.9 Å². The van der Waals surface area contributed by atoms with E-state index in [1.165, 1.54) is 10.5 Å². The van der Waals surface area contributed by atoms with E-state index in [1.54, 1.807) is 49.7 Å². The van der Waals surface area contributed by atoms with Crippen LogP contribution in [-0.4, -0.2) is 32.4 Å². The first kappa shape index (κ1) is 21.4. The van der Waals surface area contributed by atoms with Gasteiger partial charge in [0.05, 0.1) is 12.0 Å². The molecule has 0 aromatic carbocycles. The van der Waals surface area contributed by atoms with Gasteiger partial charge in [-0.15, -0.1) is 0 Å². The van der Waals surface area contributed by atoms with Gasteiger partial charge in [-0.3, -0.25) is 14.0 Å². The molecule has 3 aromatic rings. The molecule has 3 aromatic heterocycles. The second kappa shape index (κ2) is 9.02. The van der Waals surface area contributed by atoms with E-state index in [0.29, 0.717) is 17.8 Å². The summed E-state index contributed by atoms with van der Waals surface area (Å²) in [5.74, 6) is -1.33. The maximum atomic E-state index is 13.1. The largest absolute Gasteiger partial charge is 0.462 e. The first-order chi connectivity index (χ1) is 14.4. The van der Waals surface area contributed by atoms with Crippen LogP contribution in [0.25, 0.3) is 16.7 Å². The fourth-order valence-electron chi connectivity index (χ4n) is 3.12. The van der Waals surface area contributed by atoms with Gasteiger partial charge >= 0.3 is 5.97 Å². The topological polar surface area (TPSA) is 95.0 Å². The lowest BCUT2D eigenvalue weighted by Gasteiger charge is -2.15. The van der Waals surface area contributed by atoms with Crippen LogP contribution in [0, 0.1) is 5.92 Å². The van der Waals surface area contributed by atoms with Gasteiger partial charge in [-0.2, -0.15) is 4.99 Å². The average molecular weight is 410 g/mol. The second-order valence-electron chi connectivity index (χ2n) is 7.30. The van der Waals surface area contributed by atoms with Gasteiger partial charge in [0.1, 0.15) is 16.9 Å². The Bertz CT molecular complexity index is 1240. The van der Waals surface area contributed by atoms with Crippen LogP contribution in [0.15, 0.2) is 40.2 Å². The molecule has 0 saturated heterocycles. The van der Waals surface area contributed by atoms with E-state index in [9.17, 15) is 14.4 Å². The van der Waals surface area contributed by atoms with Gasteiger partial charge in [0.15, 0.2) is 5.49 Å². The number of carbonyl (C=O) groups is 2. The third kappa shape index (κ3) is 4.03. The number of rotatable bonds is 6. The number of aryl methyl sites for hydroxylation is 1. The number of fused-ring (bicyclic) bond motifs is 2. The van der Waals surface area contributed by atoms with Gasteiger partial charge in [-0.25, -0.2) is 9.78 Å². The van der Waals surface area contributed by atoms with E-state index in [1.807, 2.05) is 6.92 Å². The van der Waals surface area contributed by atoms with E-state index < -0.39 is 5.97 Å². The van der Waals surface area contributed by atoms with E-state index in [0.717, 1.165) is 12.8 Å². The van der Waals surface area contributed by atoms with Crippen molar-refractivity contribution in [3.63, 3.8) is 0 Å². The zero-order valence-corrected chi connectivity index (χ0v) is 17.7. The molecule has 0 aliphatic heterocycles. The fourth-order valence-corrected chi connectivity index (χ4v) is 3.12. The van der Waals surface area contributed by atoms with E-state index in [-0.39, 0.29) is 40.4 Å². The number of hydrogen-bond donors (Lipinski definition) is 0. The lowest BCUT2D eigenvalue weighted by atomic mass is 10.2. The van der Waals surface area contributed by atoms with Crippen molar-refractivity contribution in [1.82, 2.24) is 14.0 Å². The van der Waals surface area contributed by atoms with Gasteiger partial charge in [-0.05, 0) is 31.5 Å². The minimum Gasteiger partial charge on any atom is -0.462 e. The van der Waals surface area contributed by atoms with Crippen molar-refractivity contribution < 1.29 is 14.3 Å². The number of esters is 1. The zero-order valence-electron chi connectivity index (χ0n) is 17.7. The molecule has 8 heteroatoms. The third-order valence-electron chi connectivity index (χ3n) is 4.73. The van der Waals surface area contributed by atoms with Crippen LogP contribution < -0.4 is 11.0 Å². The molecular weight excluding hydrogens is 384 g/mol. The molecule has 0 unspecified atom stereocenters. The highest BCUT2D eigenvalue weighted by Crippen LogP contribution is 2.12. The molecule has 0 radical (unpaired) electrons. The number of amides is 1. The molecule has 3 heterocycles. The summed E-state index contributed by atoms with van der Waals surface area (Å²) < 4.78 is 8.32. The highest BCUT2D eigenvalue weighted by atomic mass is 16.5. The standard InChI is InChI=1S/C22H26N4O4/c1-5-7-11-26-18-15(21(28)25-12-9-8-10-17(25)23-18)13-16(22(29)30-6-2)19(26)24-20(27)14(3)4/h8-10,12-14H,5-7,11H2,1-4H3. The number of carbonyl (C=O) groups excluding carboxylic acids is 2. The van der Waals surface area contributed by atoms with Crippen molar-refractivity contribution in [1.29, 1.82) is 0 Å². The Balaban J connectivity index is 2.51. The van der Waals surface area contributed by atoms with Crippen LogP contribution in [0.5, 0.6) is 0 Å². The Morgan fingerprint density at radius 2 is 2.00 bits per heavy atom. The van der Waals surface area contributed by atoms with Crippen LogP contribution in [0.4, 0.5) is 0 Å². The van der Waals surface area contributed by atoms with Crippen molar-refractivity contribution in [2.45, 2.75) is 47.1 Å². The van der Waals surface area contributed by atoms with E-state index >= 15 is 0 Å². The summed E-state index contributed by atoms with van der Waals surface area (Å²) in [6.07, 6.45) is 3.27. The number of nitrogens with zero attached hydrogens (tertiary/aromatic N) is 4. The summed E-state index contributed by atoms with van der Waals surface area (Å²) in [4.78, 5) is 47.2. The molecule has 158 valence electrons. The molecule has 0 bridgehead atoms. The summed E-state index contributed by atoms with van der Waals surface area (Å²) in [6, 6.07) is 6.71. The summed E-state index contributed by atoms with van der Waals surface area (Å²) >= 11 is 0. The van der Waals surface area contributed by atoms with Crippen molar-refractivity contribution in [3.05, 3.63) is 51.9 Å². The zero-order chi connectivity index (χ0) is 21.8. The van der Waals surface area contributed by atoms with Gasteiger partial charge in [0.25, 0.3) is 5.56 Å². The van der Waals surface area contributed by atoms with Crippen molar-refractivity contribution in [3.8, 4) is 0 Å². The maximum absolute atomic E-state index is 13.1. The predicted octanol–water partition coefficient (Wildman–Crippen LogP) is 2.71. The molecule has 0 atom stereocenters. The Morgan fingerprint density at radius 3 is 2.67 bits per heavy atom. The number of ether oxygens (including phenoxy) is 1. The summed E-state index contributed by atoms with van der Waals surface area (Å²) in [7, 11) is 0. The number of hydrogen-bond acceptors (Lipinski definition) is 5. The first-order valence-electron chi connectivity index (χ1n) is 10.2. The highest BCUT2D eigenvalue weighted by Gasteiger charge is 2.20. The van der Waals surface area contributed by atoms with Crippen LogP contribution in [0.3, 0.4) is 0 Å². The molecular formula is C22H26N4O4. The smallest absolute Gasteiger partial charge is 0.341 e. The molecule has 0 fully saturated rings. The summed E-state index contributed by atoms with van der Waals surface area (Å²) in [6.45, 7) is 7.84. The minimum atomic E-state index is -0.627. The Hall–Kier alpha value is -3.29. The van der Waals surface area contributed by atoms with Crippen LogP contribution >= 0.6 is 0 Å². The highest BCUT2D eigenvalue weighted by molar-refractivity contribution is 5.93. The van der Waals surface area contributed by atoms with Gasteiger partial charge in [-0.1, -0.05) is 33.3 Å². The summed E-state index contributed by atoms with van der Waals surface area (Å²) in [5, 5.41) is 0.272. The van der Waals surface area contributed by atoms with Crippen molar-refractivity contribution in [2.75, 3.05) is 6.61 Å². The maximum Gasteiger partial charge on any atom is 0.341 e. The molecule has 0 aliphatic carbocycles. The number of aromatic nitrogens is 3. The van der Waals surface area contributed by atoms with E-state index in [2.05, 4.69) is 9.98 Å². The van der Waals surface area contributed by atoms with Gasteiger partial charge in [0.2, 0.25) is 5.91 Å².